The second kappa shape index (κ2) is 7.24. The second-order valence-electron chi connectivity index (χ2n) is 4.73. The Morgan fingerprint density at radius 1 is 1.27 bits per heavy atom. The van der Waals surface area contributed by atoms with Crippen LogP contribution in [0.3, 0.4) is 0 Å². The van der Waals surface area contributed by atoms with Gasteiger partial charge in [-0.15, -0.1) is 0 Å². The number of nitrogens with one attached hydrogen (secondary N) is 1. The Hall–Kier alpha value is -0.0800. The zero-order valence-electron chi connectivity index (χ0n) is 10.6. The molecule has 2 nitrogen and oxygen atoms in total. The lowest BCUT2D eigenvalue weighted by molar-refractivity contribution is 0.0575. The van der Waals surface area contributed by atoms with Crippen molar-refractivity contribution in [3.63, 3.8) is 0 Å². The van der Waals surface area contributed by atoms with Gasteiger partial charge in [0.25, 0.3) is 0 Å². The van der Waals surface area contributed by atoms with Crippen molar-refractivity contribution in [2.24, 2.45) is 5.92 Å². The van der Waals surface area contributed by atoms with Crippen LogP contribution in [0.4, 0.5) is 0 Å². The molecule has 0 heterocycles. The summed E-state index contributed by atoms with van der Waals surface area (Å²) in [5.74, 6) is 0.943. The molecule has 0 saturated heterocycles. The summed E-state index contributed by atoms with van der Waals surface area (Å²) in [6.07, 6.45) is 8.55. The van der Waals surface area contributed by atoms with Crippen LogP contribution in [0.5, 0.6) is 0 Å². The van der Waals surface area contributed by atoms with Gasteiger partial charge in [0, 0.05) is 13.2 Å². The van der Waals surface area contributed by atoms with Crippen molar-refractivity contribution in [2.75, 3.05) is 13.7 Å². The summed E-state index contributed by atoms with van der Waals surface area (Å²) in [7, 11) is 1.84. The third kappa shape index (κ3) is 4.12. The van der Waals surface area contributed by atoms with Crippen molar-refractivity contribution in [1.82, 2.24) is 5.32 Å². The quantitative estimate of drug-likeness (QED) is 0.702. The molecular formula is C13H27NO. The first kappa shape index (κ1) is 13.0. The molecule has 90 valence electrons. The average molecular weight is 213 g/mol. The number of hydrogen-bond donors (Lipinski definition) is 1. The first-order chi connectivity index (χ1) is 7.31. The van der Waals surface area contributed by atoms with Gasteiger partial charge in [-0.1, -0.05) is 39.5 Å². The van der Waals surface area contributed by atoms with Crippen LogP contribution in [0, 0.1) is 5.92 Å². The van der Waals surface area contributed by atoms with E-state index in [2.05, 4.69) is 19.2 Å². The first-order valence-corrected chi connectivity index (χ1v) is 6.57. The third-order valence-corrected chi connectivity index (χ3v) is 3.68. The molecule has 0 aromatic rings. The summed E-state index contributed by atoms with van der Waals surface area (Å²) in [4.78, 5) is 0. The predicted octanol–water partition coefficient (Wildman–Crippen LogP) is 2.97. The summed E-state index contributed by atoms with van der Waals surface area (Å²) in [5.41, 5.74) is 0. The predicted molar refractivity (Wildman–Crippen MR) is 65.1 cm³/mol. The standard InChI is InChI=1S/C13H27NO/c1-4-13(15-3)12(14-5-2)10-11-8-6-7-9-11/h11-14H,4-10H2,1-3H3. The highest BCUT2D eigenvalue weighted by atomic mass is 16.5. The minimum absolute atomic E-state index is 0.394. The molecule has 2 heteroatoms. The Morgan fingerprint density at radius 3 is 2.40 bits per heavy atom. The molecular weight excluding hydrogens is 186 g/mol. The number of hydrogen-bond acceptors (Lipinski definition) is 2. The first-order valence-electron chi connectivity index (χ1n) is 6.57. The summed E-state index contributed by atoms with van der Waals surface area (Å²) in [6, 6.07) is 0.563. The van der Waals surface area contributed by atoms with Crippen molar-refractivity contribution in [3.8, 4) is 0 Å². The van der Waals surface area contributed by atoms with Gasteiger partial charge in [0.05, 0.1) is 6.10 Å². The molecule has 0 aromatic carbocycles. The summed E-state index contributed by atoms with van der Waals surface area (Å²) in [6.45, 7) is 5.45. The van der Waals surface area contributed by atoms with E-state index in [1.807, 2.05) is 7.11 Å². The fourth-order valence-corrected chi connectivity index (χ4v) is 2.85. The molecule has 2 atom stereocenters. The van der Waals surface area contributed by atoms with E-state index in [0.29, 0.717) is 12.1 Å². The molecule has 1 aliphatic carbocycles. The summed E-state index contributed by atoms with van der Waals surface area (Å²) >= 11 is 0. The van der Waals surface area contributed by atoms with Crippen molar-refractivity contribution in [2.45, 2.75) is 64.5 Å². The van der Waals surface area contributed by atoms with Crippen LogP contribution in [-0.4, -0.2) is 25.8 Å². The molecule has 1 saturated carbocycles. The van der Waals surface area contributed by atoms with Gasteiger partial charge in [-0.2, -0.15) is 0 Å². The monoisotopic (exact) mass is 213 g/mol. The van der Waals surface area contributed by atoms with Crippen molar-refractivity contribution in [3.05, 3.63) is 0 Å². The molecule has 15 heavy (non-hydrogen) atoms. The van der Waals surface area contributed by atoms with Crippen LogP contribution < -0.4 is 5.32 Å². The fourth-order valence-electron chi connectivity index (χ4n) is 2.85. The van der Waals surface area contributed by atoms with Gasteiger partial charge in [0.1, 0.15) is 0 Å². The van der Waals surface area contributed by atoms with Crippen molar-refractivity contribution < 1.29 is 4.74 Å². The summed E-state index contributed by atoms with van der Waals surface area (Å²) in [5, 5.41) is 3.59. The number of likely N-dealkylation sites (N-methyl/N-ethyl adjacent to an activating group) is 1. The smallest absolute Gasteiger partial charge is 0.0721 e. The topological polar surface area (TPSA) is 21.3 Å². The highest BCUT2D eigenvalue weighted by Gasteiger charge is 2.24. The second-order valence-corrected chi connectivity index (χ2v) is 4.73. The van der Waals surface area contributed by atoms with E-state index in [0.717, 1.165) is 18.9 Å². The van der Waals surface area contributed by atoms with Gasteiger partial charge in [-0.3, -0.25) is 0 Å². The van der Waals surface area contributed by atoms with Crippen LogP contribution in [0.15, 0.2) is 0 Å². The zero-order chi connectivity index (χ0) is 11.1. The Morgan fingerprint density at radius 2 is 1.93 bits per heavy atom. The highest BCUT2D eigenvalue weighted by molar-refractivity contribution is 4.81. The molecule has 1 N–H and O–H groups in total. The average Bonchev–Trinajstić information content (AvgIpc) is 2.72. The highest BCUT2D eigenvalue weighted by Crippen LogP contribution is 2.29. The maximum Gasteiger partial charge on any atom is 0.0721 e. The van der Waals surface area contributed by atoms with Crippen LogP contribution in [0.2, 0.25) is 0 Å². The van der Waals surface area contributed by atoms with E-state index in [1.165, 1.54) is 32.1 Å². The van der Waals surface area contributed by atoms with Gasteiger partial charge in [-0.05, 0) is 25.3 Å². The maximum absolute atomic E-state index is 5.56. The molecule has 1 fully saturated rings. The molecule has 0 aliphatic heterocycles. The Labute approximate surface area is 94.8 Å². The lowest BCUT2D eigenvalue weighted by atomic mass is 9.94. The third-order valence-electron chi connectivity index (χ3n) is 3.68. The molecule has 0 radical (unpaired) electrons. The van der Waals surface area contributed by atoms with Gasteiger partial charge < -0.3 is 10.1 Å². The minimum Gasteiger partial charge on any atom is -0.380 e. The van der Waals surface area contributed by atoms with Crippen LogP contribution in [-0.2, 0) is 4.74 Å². The largest absolute Gasteiger partial charge is 0.380 e. The van der Waals surface area contributed by atoms with Crippen LogP contribution in [0.1, 0.15) is 52.4 Å². The van der Waals surface area contributed by atoms with Crippen molar-refractivity contribution >= 4 is 0 Å². The van der Waals surface area contributed by atoms with Gasteiger partial charge in [0.2, 0.25) is 0 Å². The van der Waals surface area contributed by atoms with E-state index in [1.54, 1.807) is 0 Å². The van der Waals surface area contributed by atoms with E-state index >= 15 is 0 Å². The van der Waals surface area contributed by atoms with Crippen LogP contribution >= 0.6 is 0 Å². The fraction of sp³-hybridized carbons (Fsp3) is 1.00. The number of methoxy groups -OCH3 is 1. The van der Waals surface area contributed by atoms with Gasteiger partial charge in [-0.25, -0.2) is 0 Å². The van der Waals surface area contributed by atoms with E-state index in [-0.39, 0.29) is 0 Å². The molecule has 2 unspecified atom stereocenters. The zero-order valence-corrected chi connectivity index (χ0v) is 10.6. The molecule has 1 aliphatic rings. The Balaban J connectivity index is 2.40. The summed E-state index contributed by atoms with van der Waals surface area (Å²) < 4.78 is 5.56. The number of rotatable bonds is 7. The van der Waals surface area contributed by atoms with Crippen molar-refractivity contribution in [1.29, 1.82) is 0 Å². The molecule has 0 bridgehead atoms. The maximum atomic E-state index is 5.56. The van der Waals surface area contributed by atoms with Gasteiger partial charge in [0.15, 0.2) is 0 Å². The van der Waals surface area contributed by atoms with E-state index < -0.39 is 0 Å². The van der Waals surface area contributed by atoms with Gasteiger partial charge >= 0.3 is 0 Å². The lowest BCUT2D eigenvalue weighted by Gasteiger charge is -2.28. The minimum atomic E-state index is 0.394. The number of ether oxygens (including phenoxy) is 1. The SMILES string of the molecule is CCNC(CC1CCCC1)C(CC)OC. The molecule has 0 aromatic heterocycles. The normalized spacial score (nSPS) is 21.8. The lowest BCUT2D eigenvalue weighted by Crippen LogP contribution is -2.41. The molecule has 1 rings (SSSR count). The van der Waals surface area contributed by atoms with E-state index in [9.17, 15) is 0 Å². The Kier molecular flexibility index (Phi) is 6.26. The molecule has 0 spiro atoms. The Bertz CT molecular complexity index is 151. The van der Waals surface area contributed by atoms with Crippen LogP contribution in [0.25, 0.3) is 0 Å². The molecule has 0 amide bonds. The van der Waals surface area contributed by atoms with E-state index in [4.69, 9.17) is 4.74 Å².